The van der Waals surface area contributed by atoms with Crippen molar-refractivity contribution < 1.29 is 8.42 Å². The largest absolute Gasteiger partial charge is 0.305 e. The van der Waals surface area contributed by atoms with Crippen molar-refractivity contribution in [3.05, 3.63) is 0 Å². The summed E-state index contributed by atoms with van der Waals surface area (Å²) in [6.07, 6.45) is 0. The van der Waals surface area contributed by atoms with Gasteiger partial charge < -0.3 is 4.90 Å². The van der Waals surface area contributed by atoms with E-state index in [4.69, 9.17) is 10.7 Å². The molecule has 0 saturated heterocycles. The van der Waals surface area contributed by atoms with E-state index in [0.29, 0.717) is 6.54 Å². The zero-order valence-corrected chi connectivity index (χ0v) is 8.41. The van der Waals surface area contributed by atoms with Crippen molar-refractivity contribution in [1.82, 2.24) is 9.62 Å². The smallest absolute Gasteiger partial charge is 0.297 e. The highest BCUT2D eigenvalue weighted by molar-refractivity contribution is 8.12. The molecule has 0 spiro atoms. The van der Waals surface area contributed by atoms with E-state index < -0.39 is 9.24 Å². The molecule has 0 rings (SSSR count). The lowest BCUT2D eigenvalue weighted by Gasteiger charge is -2.18. The van der Waals surface area contributed by atoms with Crippen LogP contribution < -0.4 is 4.72 Å². The first-order valence-electron chi connectivity index (χ1n) is 3.18. The summed E-state index contributed by atoms with van der Waals surface area (Å²) in [5, 5.41) is 0. The highest BCUT2D eigenvalue weighted by Gasteiger charge is 2.08. The molecule has 0 aliphatic heterocycles. The second kappa shape index (κ2) is 4.25. The molecule has 0 aromatic heterocycles. The van der Waals surface area contributed by atoms with Crippen molar-refractivity contribution in [3.63, 3.8) is 0 Å². The van der Waals surface area contributed by atoms with Crippen molar-refractivity contribution >= 4 is 19.9 Å². The van der Waals surface area contributed by atoms with Gasteiger partial charge in [0.2, 0.25) is 0 Å². The first-order valence-corrected chi connectivity index (χ1v) is 5.49. The highest BCUT2D eigenvalue weighted by Crippen LogP contribution is 1.93. The molecule has 4 nitrogen and oxygen atoms in total. The molecule has 1 unspecified atom stereocenters. The maximum atomic E-state index is 10.4. The molecule has 0 aromatic carbocycles. The van der Waals surface area contributed by atoms with Crippen LogP contribution in [0.3, 0.4) is 0 Å². The third-order valence-electron chi connectivity index (χ3n) is 1.43. The second-order valence-corrected chi connectivity index (χ2v) is 4.98. The number of rotatable bonds is 4. The van der Waals surface area contributed by atoms with Crippen LogP contribution in [0, 0.1) is 0 Å². The SMILES string of the molecule is CC(CNS(=O)(=O)Cl)N(C)C. The first kappa shape index (κ1) is 11.2. The van der Waals surface area contributed by atoms with Gasteiger partial charge in [-0.15, -0.1) is 0 Å². The lowest BCUT2D eigenvalue weighted by molar-refractivity contribution is 0.314. The van der Waals surface area contributed by atoms with Crippen LogP contribution in [0.15, 0.2) is 0 Å². The van der Waals surface area contributed by atoms with Gasteiger partial charge in [-0.1, -0.05) is 0 Å². The van der Waals surface area contributed by atoms with Gasteiger partial charge in [0.15, 0.2) is 0 Å². The van der Waals surface area contributed by atoms with Crippen LogP contribution in [0.25, 0.3) is 0 Å². The number of nitrogens with one attached hydrogen (secondary N) is 1. The highest BCUT2D eigenvalue weighted by atomic mass is 35.7. The number of likely N-dealkylation sites (N-methyl/N-ethyl adjacent to an activating group) is 1. The molecule has 0 amide bonds. The Morgan fingerprint density at radius 2 is 2.00 bits per heavy atom. The summed E-state index contributed by atoms with van der Waals surface area (Å²) in [5.41, 5.74) is 0. The Hall–Kier alpha value is 0.160. The fourth-order valence-corrected chi connectivity index (χ4v) is 1.03. The van der Waals surface area contributed by atoms with Crippen molar-refractivity contribution in [2.24, 2.45) is 0 Å². The van der Waals surface area contributed by atoms with Crippen molar-refractivity contribution in [2.45, 2.75) is 13.0 Å². The molecule has 0 bridgehead atoms. The summed E-state index contributed by atoms with van der Waals surface area (Å²) in [5.74, 6) is 0. The maximum Gasteiger partial charge on any atom is 0.297 e. The zero-order valence-electron chi connectivity index (χ0n) is 6.83. The predicted octanol–water partition coefficient (Wildman–Crippen LogP) is 0.00970. The van der Waals surface area contributed by atoms with Crippen molar-refractivity contribution in [1.29, 1.82) is 0 Å². The standard InChI is InChI=1S/C5H13ClN2O2S/c1-5(8(2)3)4-7-11(6,9)10/h5,7H,4H2,1-3H3. The Labute approximate surface area is 72.1 Å². The average Bonchev–Trinajstić information content (AvgIpc) is 1.80. The maximum absolute atomic E-state index is 10.4. The van der Waals surface area contributed by atoms with Gasteiger partial charge in [0.05, 0.1) is 0 Å². The summed E-state index contributed by atoms with van der Waals surface area (Å²) in [6.45, 7) is 2.23. The van der Waals surface area contributed by atoms with Gasteiger partial charge >= 0.3 is 0 Å². The Bertz CT molecular complexity index is 203. The van der Waals surface area contributed by atoms with Crippen molar-refractivity contribution in [3.8, 4) is 0 Å². The molecule has 11 heavy (non-hydrogen) atoms. The normalized spacial score (nSPS) is 15.4. The number of hydrogen-bond acceptors (Lipinski definition) is 3. The topological polar surface area (TPSA) is 49.4 Å². The molecule has 0 aromatic rings. The Balaban J connectivity index is 3.72. The van der Waals surface area contributed by atoms with Gasteiger partial charge in [-0.3, -0.25) is 0 Å². The molecular weight excluding hydrogens is 188 g/mol. The minimum atomic E-state index is -3.56. The predicted molar refractivity (Wildman–Crippen MR) is 45.9 cm³/mol. The summed E-state index contributed by atoms with van der Waals surface area (Å²) in [7, 11) is 5.10. The summed E-state index contributed by atoms with van der Waals surface area (Å²) in [4.78, 5) is 1.90. The fourth-order valence-electron chi connectivity index (χ4n) is 0.403. The molecule has 1 N–H and O–H groups in total. The second-order valence-electron chi connectivity index (χ2n) is 2.60. The minimum Gasteiger partial charge on any atom is -0.305 e. The Kier molecular flexibility index (Phi) is 4.31. The van der Waals surface area contributed by atoms with E-state index in [9.17, 15) is 8.42 Å². The lowest BCUT2D eigenvalue weighted by atomic mass is 10.3. The molecule has 6 heteroatoms. The van der Waals surface area contributed by atoms with E-state index in [1.54, 1.807) is 0 Å². The van der Waals surface area contributed by atoms with Crippen LogP contribution in [-0.4, -0.2) is 40.0 Å². The summed E-state index contributed by atoms with van der Waals surface area (Å²) in [6, 6.07) is 0.142. The molecule has 0 heterocycles. The van der Waals surface area contributed by atoms with E-state index in [1.165, 1.54) is 0 Å². The van der Waals surface area contributed by atoms with Gasteiger partial charge in [0.1, 0.15) is 0 Å². The lowest BCUT2D eigenvalue weighted by Crippen LogP contribution is -2.36. The number of hydrogen-bond donors (Lipinski definition) is 1. The van der Waals surface area contributed by atoms with Crippen LogP contribution in [0.2, 0.25) is 0 Å². The fraction of sp³-hybridized carbons (Fsp3) is 1.00. The van der Waals surface area contributed by atoms with E-state index in [-0.39, 0.29) is 6.04 Å². The quantitative estimate of drug-likeness (QED) is 0.651. The number of halogens is 1. The van der Waals surface area contributed by atoms with Gasteiger partial charge in [0, 0.05) is 23.3 Å². The van der Waals surface area contributed by atoms with E-state index in [1.807, 2.05) is 25.9 Å². The van der Waals surface area contributed by atoms with Gasteiger partial charge in [0.25, 0.3) is 9.24 Å². The van der Waals surface area contributed by atoms with E-state index >= 15 is 0 Å². The van der Waals surface area contributed by atoms with Crippen LogP contribution in [-0.2, 0) is 9.24 Å². The molecule has 0 aliphatic rings. The van der Waals surface area contributed by atoms with Gasteiger partial charge in [-0.05, 0) is 21.0 Å². The van der Waals surface area contributed by atoms with Gasteiger partial charge in [-0.2, -0.15) is 8.42 Å². The van der Waals surface area contributed by atoms with Crippen molar-refractivity contribution in [2.75, 3.05) is 20.6 Å². The average molecular weight is 201 g/mol. The van der Waals surface area contributed by atoms with Gasteiger partial charge in [-0.25, -0.2) is 4.72 Å². The molecule has 0 fully saturated rings. The van der Waals surface area contributed by atoms with Crippen LogP contribution in [0.1, 0.15) is 6.92 Å². The molecule has 0 radical (unpaired) electrons. The third kappa shape index (κ3) is 6.55. The first-order chi connectivity index (χ1) is 4.83. The van der Waals surface area contributed by atoms with Crippen LogP contribution in [0.4, 0.5) is 0 Å². The minimum absolute atomic E-state index is 0.142. The summed E-state index contributed by atoms with van der Waals surface area (Å²) >= 11 is 0. The Morgan fingerprint density at radius 3 is 2.27 bits per heavy atom. The zero-order chi connectivity index (χ0) is 9.07. The monoisotopic (exact) mass is 200 g/mol. The molecule has 1 atom stereocenters. The van der Waals surface area contributed by atoms with E-state index in [0.717, 1.165) is 0 Å². The molecule has 68 valence electrons. The molecule has 0 aliphatic carbocycles. The summed E-state index contributed by atoms with van der Waals surface area (Å²) < 4.78 is 23.0. The molecular formula is C5H13ClN2O2S. The Morgan fingerprint density at radius 1 is 1.55 bits per heavy atom. The number of nitrogens with zero attached hydrogens (tertiary/aromatic N) is 1. The van der Waals surface area contributed by atoms with E-state index in [2.05, 4.69) is 4.72 Å². The van der Waals surface area contributed by atoms with Crippen LogP contribution >= 0.6 is 10.7 Å². The molecule has 0 saturated carbocycles. The van der Waals surface area contributed by atoms with Crippen LogP contribution in [0.5, 0.6) is 0 Å². The third-order valence-corrected chi connectivity index (χ3v) is 2.27.